The lowest BCUT2D eigenvalue weighted by Gasteiger charge is -2.35. The average molecular weight is 369 g/mol. The molecule has 26 heavy (non-hydrogen) atoms. The van der Waals surface area contributed by atoms with E-state index in [0.29, 0.717) is 30.4 Å². The molecule has 1 aromatic heterocycles. The molecule has 1 saturated heterocycles. The highest BCUT2D eigenvalue weighted by Gasteiger charge is 2.40. The van der Waals surface area contributed by atoms with Gasteiger partial charge in [-0.15, -0.1) is 0 Å². The van der Waals surface area contributed by atoms with Crippen LogP contribution in [0.25, 0.3) is 11.0 Å². The molecule has 1 aliphatic rings. The minimum Gasteiger partial charge on any atom is -0.444 e. The Morgan fingerprint density at radius 2 is 1.92 bits per heavy atom. The van der Waals surface area contributed by atoms with Gasteiger partial charge in [0.15, 0.2) is 0 Å². The Morgan fingerprint density at radius 1 is 1.23 bits per heavy atom. The fourth-order valence-electron chi connectivity index (χ4n) is 3.27. The molecular weight excluding hydrogens is 347 g/mol. The number of ether oxygens (including phenoxy) is 1. The lowest BCUT2D eigenvalue weighted by molar-refractivity contribution is -0.147. The number of aromatic nitrogens is 2. The zero-order valence-corrected chi connectivity index (χ0v) is 15.0. The van der Waals surface area contributed by atoms with Gasteiger partial charge in [0, 0.05) is 13.1 Å². The third-order valence-corrected chi connectivity index (χ3v) is 4.26. The summed E-state index contributed by atoms with van der Waals surface area (Å²) in [5, 5.41) is 0. The Balaban J connectivity index is 1.94. The zero-order valence-electron chi connectivity index (χ0n) is 15.0. The van der Waals surface area contributed by atoms with E-state index >= 15 is 0 Å². The van der Waals surface area contributed by atoms with Gasteiger partial charge in [0.05, 0.1) is 17.1 Å². The fourth-order valence-corrected chi connectivity index (χ4v) is 3.27. The quantitative estimate of drug-likeness (QED) is 0.736. The maximum absolute atomic E-state index is 13.5. The molecule has 0 spiro atoms. The van der Waals surface area contributed by atoms with Crippen molar-refractivity contribution in [1.82, 2.24) is 14.5 Å². The van der Waals surface area contributed by atoms with Crippen molar-refractivity contribution in [3.63, 3.8) is 0 Å². The number of benzene rings is 1. The third-order valence-electron chi connectivity index (χ3n) is 4.26. The molecule has 0 unspecified atom stereocenters. The topological polar surface area (TPSA) is 47.4 Å². The molecule has 1 atom stereocenters. The summed E-state index contributed by atoms with van der Waals surface area (Å²) < 4.78 is 47.2. The highest BCUT2D eigenvalue weighted by Crippen LogP contribution is 2.36. The summed E-state index contributed by atoms with van der Waals surface area (Å²) in [4.78, 5) is 17.6. The zero-order chi connectivity index (χ0) is 19.1. The van der Waals surface area contributed by atoms with Crippen LogP contribution in [0, 0.1) is 0 Å². The number of imidazole rings is 1. The number of amides is 1. The van der Waals surface area contributed by atoms with E-state index in [9.17, 15) is 18.0 Å². The van der Waals surface area contributed by atoms with E-state index in [-0.39, 0.29) is 6.54 Å². The molecule has 0 bridgehead atoms. The summed E-state index contributed by atoms with van der Waals surface area (Å²) >= 11 is 0. The van der Waals surface area contributed by atoms with Gasteiger partial charge in [-0.25, -0.2) is 9.78 Å². The van der Waals surface area contributed by atoms with Gasteiger partial charge in [0.1, 0.15) is 5.60 Å². The van der Waals surface area contributed by atoms with E-state index in [1.54, 1.807) is 45.0 Å². The molecule has 142 valence electrons. The van der Waals surface area contributed by atoms with Crippen molar-refractivity contribution in [3.05, 3.63) is 30.1 Å². The monoisotopic (exact) mass is 369 g/mol. The van der Waals surface area contributed by atoms with Crippen LogP contribution < -0.4 is 0 Å². The summed E-state index contributed by atoms with van der Waals surface area (Å²) in [6, 6.07) is 6.04. The number of fused-ring (bicyclic) bond motifs is 1. The van der Waals surface area contributed by atoms with Gasteiger partial charge in [-0.1, -0.05) is 12.1 Å². The van der Waals surface area contributed by atoms with E-state index < -0.39 is 29.7 Å². The first kappa shape index (κ1) is 18.5. The number of likely N-dealkylation sites (tertiary alicyclic amines) is 1. The van der Waals surface area contributed by atoms with Crippen molar-refractivity contribution in [3.8, 4) is 0 Å². The number of hydrogen-bond acceptors (Lipinski definition) is 3. The standard InChI is InChI=1S/C18H22F3N3O2/c1-17(2,3)26-16(25)23-10-6-7-12(11-23)24-14-9-5-4-8-13(14)22-15(24)18(19,20)21/h4-5,8-9,12H,6-7,10-11H2,1-3H3/t12-/m1/s1. The number of para-hydroxylation sites is 2. The smallest absolute Gasteiger partial charge is 0.444 e. The molecule has 1 amide bonds. The Labute approximate surface area is 149 Å². The van der Waals surface area contributed by atoms with Gasteiger partial charge in [-0.05, 0) is 45.7 Å². The lowest BCUT2D eigenvalue weighted by Crippen LogP contribution is -2.43. The summed E-state index contributed by atoms with van der Waals surface area (Å²) in [5.74, 6) is -0.922. The average Bonchev–Trinajstić information content (AvgIpc) is 2.93. The second kappa shape index (κ2) is 6.48. The number of nitrogens with zero attached hydrogens (tertiary/aromatic N) is 3. The molecule has 0 radical (unpaired) electrons. The van der Waals surface area contributed by atoms with Gasteiger partial charge >= 0.3 is 12.3 Å². The van der Waals surface area contributed by atoms with Gasteiger partial charge in [-0.3, -0.25) is 0 Å². The Bertz CT molecular complexity index is 808. The van der Waals surface area contributed by atoms with Gasteiger partial charge in [-0.2, -0.15) is 13.2 Å². The van der Waals surface area contributed by atoms with E-state index in [2.05, 4.69) is 4.98 Å². The number of hydrogen-bond donors (Lipinski definition) is 0. The molecule has 1 aromatic carbocycles. The van der Waals surface area contributed by atoms with Crippen molar-refractivity contribution in [2.75, 3.05) is 13.1 Å². The molecule has 0 N–H and O–H groups in total. The van der Waals surface area contributed by atoms with E-state index in [4.69, 9.17) is 4.74 Å². The number of halogens is 3. The minimum absolute atomic E-state index is 0.165. The van der Waals surface area contributed by atoms with Crippen LogP contribution in [-0.4, -0.2) is 39.2 Å². The molecule has 0 saturated carbocycles. The van der Waals surface area contributed by atoms with Crippen LogP contribution >= 0.6 is 0 Å². The fraction of sp³-hybridized carbons (Fsp3) is 0.556. The number of rotatable bonds is 1. The minimum atomic E-state index is -4.56. The summed E-state index contributed by atoms with van der Waals surface area (Å²) in [6.07, 6.45) is -3.91. The number of carbonyl (C=O) groups excluding carboxylic acids is 1. The molecule has 2 aromatic rings. The summed E-state index contributed by atoms with van der Waals surface area (Å²) in [5.41, 5.74) is 0.0770. The molecule has 3 rings (SSSR count). The van der Waals surface area contributed by atoms with Crippen LogP contribution in [0.3, 0.4) is 0 Å². The van der Waals surface area contributed by atoms with Crippen LogP contribution in [0.15, 0.2) is 24.3 Å². The second-order valence-corrected chi connectivity index (χ2v) is 7.51. The van der Waals surface area contributed by atoms with E-state index in [0.717, 1.165) is 0 Å². The normalized spacial score (nSPS) is 19.0. The van der Waals surface area contributed by atoms with Crippen molar-refractivity contribution in [1.29, 1.82) is 0 Å². The SMILES string of the molecule is CC(C)(C)OC(=O)N1CCC[C@@H](n2c(C(F)(F)F)nc3ccccc32)C1. The van der Waals surface area contributed by atoms with Crippen molar-refractivity contribution < 1.29 is 22.7 Å². The summed E-state index contributed by atoms with van der Waals surface area (Å²) in [6.45, 7) is 5.92. The van der Waals surface area contributed by atoms with Crippen LogP contribution in [-0.2, 0) is 10.9 Å². The van der Waals surface area contributed by atoms with Crippen LogP contribution in [0.1, 0.15) is 45.5 Å². The first-order valence-electron chi connectivity index (χ1n) is 8.58. The Morgan fingerprint density at radius 3 is 2.58 bits per heavy atom. The van der Waals surface area contributed by atoms with E-state index in [1.165, 1.54) is 9.47 Å². The maximum Gasteiger partial charge on any atom is 0.449 e. The lowest BCUT2D eigenvalue weighted by atomic mass is 10.1. The largest absolute Gasteiger partial charge is 0.449 e. The molecule has 8 heteroatoms. The van der Waals surface area contributed by atoms with E-state index in [1.807, 2.05) is 0 Å². The predicted molar refractivity (Wildman–Crippen MR) is 90.8 cm³/mol. The number of carbonyl (C=O) groups is 1. The predicted octanol–water partition coefficient (Wildman–Crippen LogP) is 4.63. The number of alkyl halides is 3. The van der Waals surface area contributed by atoms with Gasteiger partial charge in [0.25, 0.3) is 0 Å². The Kier molecular flexibility index (Phi) is 4.62. The molecule has 1 aliphatic heterocycles. The second-order valence-electron chi connectivity index (χ2n) is 7.51. The molecule has 1 fully saturated rings. The first-order valence-corrected chi connectivity index (χ1v) is 8.58. The molecule has 0 aliphatic carbocycles. The highest BCUT2D eigenvalue weighted by atomic mass is 19.4. The molecular formula is C18H22F3N3O2. The number of piperidine rings is 1. The van der Waals surface area contributed by atoms with Gasteiger partial charge < -0.3 is 14.2 Å². The van der Waals surface area contributed by atoms with Crippen LogP contribution in [0.4, 0.5) is 18.0 Å². The molecule has 5 nitrogen and oxygen atoms in total. The van der Waals surface area contributed by atoms with Crippen LogP contribution in [0.5, 0.6) is 0 Å². The van der Waals surface area contributed by atoms with Crippen molar-refractivity contribution >= 4 is 17.1 Å². The first-order chi connectivity index (χ1) is 12.1. The summed E-state index contributed by atoms with van der Waals surface area (Å²) in [7, 11) is 0. The third kappa shape index (κ3) is 3.78. The van der Waals surface area contributed by atoms with Crippen molar-refractivity contribution in [2.24, 2.45) is 0 Å². The van der Waals surface area contributed by atoms with Gasteiger partial charge in [0.2, 0.25) is 5.82 Å². The van der Waals surface area contributed by atoms with Crippen LogP contribution in [0.2, 0.25) is 0 Å². The van der Waals surface area contributed by atoms with Crippen molar-refractivity contribution in [2.45, 2.75) is 51.4 Å². The highest BCUT2D eigenvalue weighted by molar-refractivity contribution is 5.76. The molecule has 2 heterocycles. The maximum atomic E-state index is 13.5. The Hall–Kier alpha value is -2.25.